The van der Waals surface area contributed by atoms with E-state index in [-0.39, 0.29) is 0 Å². The topological polar surface area (TPSA) is 34.9 Å². The molecule has 2 aromatic rings. The van der Waals surface area contributed by atoms with E-state index in [2.05, 4.69) is 27.7 Å². The molecule has 0 radical (unpaired) electrons. The first-order chi connectivity index (χ1) is 7.22. The number of rotatable bonds is 2. The first-order valence-corrected chi connectivity index (χ1v) is 5.56. The van der Waals surface area contributed by atoms with Gasteiger partial charge in [-0.25, -0.2) is 4.68 Å². The van der Waals surface area contributed by atoms with Crippen LogP contribution in [0.4, 0.5) is 0 Å². The van der Waals surface area contributed by atoms with Crippen LogP contribution in [0.15, 0.2) is 30.5 Å². The Hall–Kier alpha value is -1.17. The summed E-state index contributed by atoms with van der Waals surface area (Å²) in [6.45, 7) is 1.87. The van der Waals surface area contributed by atoms with E-state index in [0.717, 1.165) is 21.1 Å². The summed E-state index contributed by atoms with van der Waals surface area (Å²) in [7, 11) is 0. The second kappa shape index (κ2) is 4.14. The summed E-state index contributed by atoms with van der Waals surface area (Å²) in [5.74, 6) is 0. The zero-order valence-corrected chi connectivity index (χ0v) is 10.3. The molecule has 0 saturated heterocycles. The van der Waals surface area contributed by atoms with Gasteiger partial charge in [0.15, 0.2) is 6.29 Å². The van der Waals surface area contributed by atoms with Crippen LogP contribution in [-0.4, -0.2) is 16.1 Å². The summed E-state index contributed by atoms with van der Waals surface area (Å²) in [5.41, 5.74) is 2.41. The van der Waals surface area contributed by atoms with Gasteiger partial charge in [-0.3, -0.25) is 4.79 Å². The number of nitrogens with zero attached hydrogens (tertiary/aromatic N) is 2. The molecule has 0 bridgehead atoms. The molecule has 0 fully saturated rings. The highest BCUT2D eigenvalue weighted by Crippen LogP contribution is 2.14. The molecule has 3 nitrogen and oxygen atoms in total. The van der Waals surface area contributed by atoms with Crippen LogP contribution in [0.2, 0.25) is 0 Å². The Balaban J connectivity index is 2.53. The number of hydrogen-bond donors (Lipinski definition) is 0. The quantitative estimate of drug-likeness (QED) is 0.631. The van der Waals surface area contributed by atoms with Gasteiger partial charge in [-0.05, 0) is 59.3 Å². The first kappa shape index (κ1) is 10.4. The fourth-order valence-electron chi connectivity index (χ4n) is 1.37. The van der Waals surface area contributed by atoms with E-state index in [9.17, 15) is 4.79 Å². The predicted octanol–water partition coefficient (Wildman–Crippen LogP) is 2.60. The molecule has 0 aliphatic rings. The number of hydrogen-bond acceptors (Lipinski definition) is 2. The molecule has 1 heterocycles. The Labute approximate surface area is 101 Å². The molecule has 0 N–H and O–H groups in total. The van der Waals surface area contributed by atoms with E-state index in [1.54, 1.807) is 10.9 Å². The van der Waals surface area contributed by atoms with Crippen LogP contribution in [0.3, 0.4) is 0 Å². The molecule has 1 aromatic heterocycles. The van der Waals surface area contributed by atoms with Gasteiger partial charge in [0.2, 0.25) is 0 Å². The van der Waals surface area contributed by atoms with Crippen molar-refractivity contribution < 1.29 is 4.79 Å². The number of benzene rings is 1. The number of aromatic nitrogens is 2. The van der Waals surface area contributed by atoms with Gasteiger partial charge in [-0.15, -0.1) is 0 Å². The van der Waals surface area contributed by atoms with Crippen molar-refractivity contribution in [3.63, 3.8) is 0 Å². The molecule has 1 aromatic carbocycles. The van der Waals surface area contributed by atoms with Gasteiger partial charge in [0.25, 0.3) is 0 Å². The standard InChI is InChI=1S/C11H9IN2O/c1-8-6-13-14(11(8)7-15)10-4-2-9(12)3-5-10/h2-7H,1H3. The summed E-state index contributed by atoms with van der Waals surface area (Å²) >= 11 is 2.24. The van der Waals surface area contributed by atoms with Crippen molar-refractivity contribution in [1.29, 1.82) is 0 Å². The van der Waals surface area contributed by atoms with Crippen LogP contribution in [-0.2, 0) is 0 Å². The Morgan fingerprint density at radius 3 is 2.60 bits per heavy atom. The van der Waals surface area contributed by atoms with Crippen molar-refractivity contribution in [2.75, 3.05) is 0 Å². The lowest BCUT2D eigenvalue weighted by molar-refractivity contribution is 0.111. The molecule has 0 aliphatic heterocycles. The second-order valence-electron chi connectivity index (χ2n) is 3.22. The second-order valence-corrected chi connectivity index (χ2v) is 4.46. The minimum Gasteiger partial charge on any atom is -0.296 e. The van der Waals surface area contributed by atoms with Crippen molar-refractivity contribution in [3.05, 3.63) is 45.3 Å². The number of carbonyl (C=O) groups is 1. The Bertz CT molecular complexity index is 488. The molecule has 0 unspecified atom stereocenters. The largest absolute Gasteiger partial charge is 0.296 e. The minimum absolute atomic E-state index is 0.608. The lowest BCUT2D eigenvalue weighted by atomic mass is 10.3. The van der Waals surface area contributed by atoms with E-state index < -0.39 is 0 Å². The highest BCUT2D eigenvalue weighted by Gasteiger charge is 2.07. The van der Waals surface area contributed by atoms with Crippen molar-refractivity contribution in [1.82, 2.24) is 9.78 Å². The molecular formula is C11H9IN2O. The van der Waals surface area contributed by atoms with Crippen molar-refractivity contribution >= 4 is 28.9 Å². The summed E-state index contributed by atoms with van der Waals surface area (Å²) in [6, 6.07) is 7.87. The first-order valence-electron chi connectivity index (χ1n) is 4.48. The average molecular weight is 312 g/mol. The number of halogens is 1. The van der Waals surface area contributed by atoms with Gasteiger partial charge in [-0.1, -0.05) is 0 Å². The fourth-order valence-corrected chi connectivity index (χ4v) is 1.73. The van der Waals surface area contributed by atoms with Crippen LogP contribution in [0, 0.1) is 10.5 Å². The molecule has 0 atom stereocenters. The molecular weight excluding hydrogens is 303 g/mol. The summed E-state index contributed by atoms with van der Waals surface area (Å²) in [5, 5.41) is 4.17. The Morgan fingerprint density at radius 1 is 1.33 bits per heavy atom. The maximum absolute atomic E-state index is 10.9. The van der Waals surface area contributed by atoms with Gasteiger partial charge in [0, 0.05) is 3.57 Å². The lowest BCUT2D eigenvalue weighted by Crippen LogP contribution is -2.01. The van der Waals surface area contributed by atoms with E-state index >= 15 is 0 Å². The zero-order chi connectivity index (χ0) is 10.8. The van der Waals surface area contributed by atoms with E-state index in [1.807, 2.05) is 31.2 Å². The predicted molar refractivity (Wildman–Crippen MR) is 66.4 cm³/mol. The number of aldehydes is 1. The minimum atomic E-state index is 0.608. The normalized spacial score (nSPS) is 10.3. The molecule has 76 valence electrons. The van der Waals surface area contributed by atoms with Gasteiger partial charge >= 0.3 is 0 Å². The molecule has 0 aliphatic carbocycles. The third-order valence-electron chi connectivity index (χ3n) is 2.18. The molecule has 0 spiro atoms. The molecule has 0 amide bonds. The number of carbonyl (C=O) groups excluding carboxylic acids is 1. The summed E-state index contributed by atoms with van der Waals surface area (Å²) < 4.78 is 2.81. The van der Waals surface area contributed by atoms with Gasteiger partial charge < -0.3 is 0 Å². The van der Waals surface area contributed by atoms with E-state index in [1.165, 1.54) is 0 Å². The highest BCUT2D eigenvalue weighted by atomic mass is 127. The average Bonchev–Trinajstić information content (AvgIpc) is 2.61. The molecule has 15 heavy (non-hydrogen) atoms. The highest BCUT2D eigenvalue weighted by molar-refractivity contribution is 14.1. The van der Waals surface area contributed by atoms with E-state index in [0.29, 0.717) is 5.69 Å². The van der Waals surface area contributed by atoms with Crippen LogP contribution in [0.1, 0.15) is 16.1 Å². The van der Waals surface area contributed by atoms with Crippen LogP contribution < -0.4 is 0 Å². The molecule has 4 heteroatoms. The van der Waals surface area contributed by atoms with Gasteiger partial charge in [-0.2, -0.15) is 5.10 Å². The maximum Gasteiger partial charge on any atom is 0.168 e. The van der Waals surface area contributed by atoms with Gasteiger partial charge in [0.1, 0.15) is 5.69 Å². The van der Waals surface area contributed by atoms with Crippen LogP contribution in [0.25, 0.3) is 5.69 Å². The van der Waals surface area contributed by atoms with Crippen molar-refractivity contribution in [3.8, 4) is 5.69 Å². The van der Waals surface area contributed by atoms with Crippen LogP contribution in [0.5, 0.6) is 0 Å². The third kappa shape index (κ3) is 1.94. The summed E-state index contributed by atoms with van der Waals surface area (Å²) in [4.78, 5) is 10.9. The molecule has 0 saturated carbocycles. The lowest BCUT2D eigenvalue weighted by Gasteiger charge is -2.03. The monoisotopic (exact) mass is 312 g/mol. The Morgan fingerprint density at radius 2 is 2.00 bits per heavy atom. The zero-order valence-electron chi connectivity index (χ0n) is 8.14. The Kier molecular flexibility index (Phi) is 2.86. The maximum atomic E-state index is 10.9. The fraction of sp³-hybridized carbons (Fsp3) is 0.0909. The summed E-state index contributed by atoms with van der Waals surface area (Å²) in [6.07, 6.45) is 2.53. The van der Waals surface area contributed by atoms with Gasteiger partial charge in [0.05, 0.1) is 11.9 Å². The number of aryl methyl sites for hydroxylation is 1. The van der Waals surface area contributed by atoms with Crippen LogP contribution >= 0.6 is 22.6 Å². The van der Waals surface area contributed by atoms with Crippen molar-refractivity contribution in [2.24, 2.45) is 0 Å². The smallest absolute Gasteiger partial charge is 0.168 e. The van der Waals surface area contributed by atoms with E-state index in [4.69, 9.17) is 0 Å². The van der Waals surface area contributed by atoms with Crippen molar-refractivity contribution in [2.45, 2.75) is 6.92 Å². The SMILES string of the molecule is Cc1cnn(-c2ccc(I)cc2)c1C=O. The molecule has 2 rings (SSSR count). The third-order valence-corrected chi connectivity index (χ3v) is 2.90.